The molecule has 19 heavy (non-hydrogen) atoms. The molecule has 0 atom stereocenters. The molecular weight excluding hydrogens is 434 g/mol. The molecule has 0 spiro atoms. The van der Waals surface area contributed by atoms with Crippen molar-refractivity contribution >= 4 is 48.0 Å². The molecule has 1 aromatic carbocycles. The topological polar surface area (TPSA) is 35.5 Å². The zero-order chi connectivity index (χ0) is 14.7. The first-order valence-electron chi connectivity index (χ1n) is 5.93. The second-order valence-electron chi connectivity index (χ2n) is 5.16. The molecule has 6 heteroatoms. The predicted molar refractivity (Wildman–Crippen MR) is 87.1 cm³/mol. The molecule has 0 amide bonds. The first-order chi connectivity index (χ1) is 8.74. The summed E-state index contributed by atoms with van der Waals surface area (Å²) in [4.78, 5) is 6.59. The van der Waals surface area contributed by atoms with Crippen LogP contribution < -0.4 is 0 Å². The van der Waals surface area contributed by atoms with Crippen molar-refractivity contribution in [3.63, 3.8) is 0 Å². The Morgan fingerprint density at radius 2 is 1.74 bits per heavy atom. The number of hydrogen-bond acceptors (Lipinski definition) is 3. The Balaban J connectivity index is 3.43. The molecule has 0 aliphatic rings. The van der Waals surface area contributed by atoms with Gasteiger partial charge in [-0.25, -0.2) is 0 Å². The van der Waals surface area contributed by atoms with Crippen molar-refractivity contribution in [1.29, 1.82) is 0 Å². The van der Waals surface area contributed by atoms with Gasteiger partial charge in [0.15, 0.2) is 0 Å². The monoisotopic (exact) mass is 454 g/mol. The fourth-order valence-corrected chi connectivity index (χ4v) is 14.1. The fourth-order valence-electron chi connectivity index (χ4n) is 1.72. The van der Waals surface area contributed by atoms with Crippen LogP contribution in [-0.4, -0.2) is 32.6 Å². The molecule has 0 radical (unpaired) electrons. The second kappa shape index (κ2) is 6.90. The maximum absolute atomic E-state index is 12.7. The van der Waals surface area contributed by atoms with E-state index in [9.17, 15) is 4.57 Å². The fraction of sp³-hybridized carbons (Fsp3) is 0.385. The van der Waals surface area contributed by atoms with Crippen molar-refractivity contribution < 1.29 is 13.6 Å². The Kier molecular flexibility index (Phi) is 6.33. The van der Waals surface area contributed by atoms with E-state index >= 15 is 0 Å². The van der Waals surface area contributed by atoms with Gasteiger partial charge < -0.3 is 0 Å². The Morgan fingerprint density at radius 1 is 1.21 bits per heavy atom. The Bertz CT molecular complexity index is 515. The van der Waals surface area contributed by atoms with Gasteiger partial charge in [0.2, 0.25) is 0 Å². The molecule has 0 bridgehead atoms. The summed E-state index contributed by atoms with van der Waals surface area (Å²) in [5, 5.41) is 0. The zero-order valence-electron chi connectivity index (χ0n) is 11.9. The molecule has 0 fully saturated rings. The normalized spacial score (nSPS) is 13.7. The van der Waals surface area contributed by atoms with Gasteiger partial charge in [-0.05, 0) is 0 Å². The molecule has 0 N–H and O–H groups in total. The molecule has 1 aromatic rings. The predicted octanol–water partition coefficient (Wildman–Crippen LogP) is 5.15. The Hall–Kier alpha value is 0.389. The van der Waals surface area contributed by atoms with E-state index < -0.39 is 26.0 Å². The van der Waals surface area contributed by atoms with Crippen molar-refractivity contribution in [3.8, 4) is 0 Å². The van der Waals surface area contributed by atoms with E-state index in [4.69, 9.17) is 9.05 Å². The Morgan fingerprint density at radius 3 is 2.16 bits per heavy atom. The van der Waals surface area contributed by atoms with Gasteiger partial charge in [-0.1, -0.05) is 0 Å². The van der Waals surface area contributed by atoms with E-state index in [0.29, 0.717) is 0 Å². The van der Waals surface area contributed by atoms with E-state index in [-0.39, 0.29) is 0 Å². The minimum atomic E-state index is -3.16. The third-order valence-electron chi connectivity index (χ3n) is 2.74. The summed E-state index contributed by atoms with van der Waals surface area (Å²) in [5.41, 5.74) is 0.999. The van der Waals surface area contributed by atoms with E-state index in [0.717, 1.165) is 13.4 Å². The number of halogens is 1. The summed E-state index contributed by atoms with van der Waals surface area (Å²) in [6.45, 7) is 0. The molecular formula is C13H20BrO3PSn. The van der Waals surface area contributed by atoms with Gasteiger partial charge in [0.1, 0.15) is 0 Å². The van der Waals surface area contributed by atoms with E-state index in [1.54, 1.807) is 0 Å². The van der Waals surface area contributed by atoms with E-state index in [1.807, 2.05) is 30.3 Å². The zero-order valence-corrected chi connectivity index (χ0v) is 17.3. The average molecular weight is 454 g/mol. The molecule has 0 aliphatic carbocycles. The molecule has 0 heterocycles. The molecule has 0 saturated carbocycles. The first-order valence-corrected chi connectivity index (χ1v) is 18.3. The first kappa shape index (κ1) is 17.4. The van der Waals surface area contributed by atoms with Crippen LogP contribution in [0.4, 0.5) is 0 Å². The van der Waals surface area contributed by atoms with Gasteiger partial charge in [0.25, 0.3) is 0 Å². The minimum absolute atomic E-state index is 0.860. The van der Waals surface area contributed by atoms with Crippen LogP contribution in [0.25, 0.3) is 6.08 Å². The van der Waals surface area contributed by atoms with Gasteiger partial charge >= 0.3 is 128 Å². The van der Waals surface area contributed by atoms with Crippen LogP contribution in [0.2, 0.25) is 14.8 Å². The van der Waals surface area contributed by atoms with Crippen LogP contribution in [-0.2, 0) is 13.6 Å². The van der Waals surface area contributed by atoms with Crippen LogP contribution in [0, 0.1) is 0 Å². The third-order valence-corrected chi connectivity index (χ3v) is 16.8. The molecule has 3 nitrogen and oxygen atoms in total. The molecule has 0 aromatic heterocycles. The second-order valence-corrected chi connectivity index (χ2v) is 23.8. The van der Waals surface area contributed by atoms with Crippen LogP contribution >= 0.6 is 23.5 Å². The quantitative estimate of drug-likeness (QED) is 0.456. The van der Waals surface area contributed by atoms with Crippen molar-refractivity contribution in [2.24, 2.45) is 0 Å². The van der Waals surface area contributed by atoms with Crippen LogP contribution in [0.5, 0.6) is 0 Å². The third kappa shape index (κ3) is 4.43. The SMILES string of the molecule is COP(=O)(OC)/[C](=C/c1ccccc1Br)[Sn]([CH3])([CH3])[CH3]. The standard InChI is InChI=1S/C10H11BrO3P.3CH3.Sn/c1-13-15(12,14-2)8-7-9-5-3-4-6-10(9)11;;;;/h3-7H,1-2H3;3*1H3;. The van der Waals surface area contributed by atoms with Crippen LogP contribution in [0.1, 0.15) is 5.56 Å². The van der Waals surface area contributed by atoms with Crippen LogP contribution in [0.15, 0.2) is 32.1 Å². The summed E-state index contributed by atoms with van der Waals surface area (Å²) in [7, 11) is -0.284. The summed E-state index contributed by atoms with van der Waals surface area (Å²) in [6.07, 6.45) is 1.97. The van der Waals surface area contributed by atoms with E-state index in [1.165, 1.54) is 14.2 Å². The van der Waals surface area contributed by atoms with Gasteiger partial charge in [-0.3, -0.25) is 0 Å². The van der Waals surface area contributed by atoms with Crippen molar-refractivity contribution in [3.05, 3.63) is 37.6 Å². The van der Waals surface area contributed by atoms with Crippen molar-refractivity contribution in [1.82, 2.24) is 0 Å². The number of hydrogen-bond donors (Lipinski definition) is 0. The van der Waals surface area contributed by atoms with E-state index in [2.05, 4.69) is 30.7 Å². The maximum atomic E-state index is 12.7. The van der Waals surface area contributed by atoms with Gasteiger partial charge in [0, 0.05) is 0 Å². The van der Waals surface area contributed by atoms with Crippen LogP contribution in [0.3, 0.4) is 0 Å². The number of benzene rings is 1. The molecule has 0 unspecified atom stereocenters. The van der Waals surface area contributed by atoms with Gasteiger partial charge in [-0.2, -0.15) is 0 Å². The summed E-state index contributed by atoms with van der Waals surface area (Å²) >= 11 is 0.889. The Labute approximate surface area is 127 Å². The summed E-state index contributed by atoms with van der Waals surface area (Å²) in [6, 6.07) is 7.86. The molecule has 0 saturated heterocycles. The summed E-state index contributed by atoms with van der Waals surface area (Å²) in [5.74, 6) is 0. The van der Waals surface area contributed by atoms with Gasteiger partial charge in [0.05, 0.1) is 0 Å². The molecule has 106 valence electrons. The number of rotatable bonds is 5. The molecule has 1 rings (SSSR count). The van der Waals surface area contributed by atoms with Crippen molar-refractivity contribution in [2.75, 3.05) is 14.2 Å². The van der Waals surface area contributed by atoms with Gasteiger partial charge in [-0.15, -0.1) is 0 Å². The summed E-state index contributed by atoms with van der Waals surface area (Å²) < 4.78 is 25.0. The average Bonchev–Trinajstić information content (AvgIpc) is 2.35. The van der Waals surface area contributed by atoms with Crippen molar-refractivity contribution in [2.45, 2.75) is 14.8 Å². The molecule has 0 aliphatic heterocycles.